The predicted octanol–water partition coefficient (Wildman–Crippen LogP) is 2.04. The van der Waals surface area contributed by atoms with Gasteiger partial charge in [-0.05, 0) is 38.1 Å². The van der Waals surface area contributed by atoms with Gasteiger partial charge in [0.25, 0.3) is 5.91 Å². The number of aromatic nitrogens is 1. The fourth-order valence-corrected chi connectivity index (χ4v) is 1.99. The highest BCUT2D eigenvalue weighted by Crippen LogP contribution is 2.08. The van der Waals surface area contributed by atoms with E-state index in [1.165, 1.54) is 12.1 Å². The molecule has 0 radical (unpaired) electrons. The lowest BCUT2D eigenvalue weighted by Crippen LogP contribution is -2.34. The fraction of sp³-hybridized carbons (Fsp3) is 0.267. The Morgan fingerprint density at radius 2 is 2.14 bits per heavy atom. The standard InChI is InChI=1S/C15H16N2O4/c1-9(8-11-4-3-7-21-11)16-14(18)13-6-5-12(15(19)20)10(2)17-13/h3-7,9H,8H2,1-2H3,(H,16,18)(H,19,20). The quantitative estimate of drug-likeness (QED) is 0.878. The topological polar surface area (TPSA) is 92.4 Å². The van der Waals surface area contributed by atoms with Gasteiger partial charge >= 0.3 is 5.97 Å². The molecule has 0 aromatic carbocycles. The number of aromatic carboxylic acids is 1. The minimum absolute atomic E-state index is 0.0928. The minimum atomic E-state index is -1.06. The number of carboxylic acid groups (broad SMARTS) is 1. The van der Waals surface area contributed by atoms with Crippen molar-refractivity contribution in [3.63, 3.8) is 0 Å². The van der Waals surface area contributed by atoms with Gasteiger partial charge in [-0.1, -0.05) is 0 Å². The number of furan rings is 1. The second-order valence-electron chi connectivity index (χ2n) is 4.79. The van der Waals surface area contributed by atoms with Gasteiger partial charge in [-0.3, -0.25) is 4.79 Å². The number of hydrogen-bond donors (Lipinski definition) is 2. The molecular weight excluding hydrogens is 272 g/mol. The number of carboxylic acids is 1. The summed E-state index contributed by atoms with van der Waals surface area (Å²) < 4.78 is 5.22. The minimum Gasteiger partial charge on any atom is -0.478 e. The first-order valence-corrected chi connectivity index (χ1v) is 6.51. The van der Waals surface area contributed by atoms with E-state index >= 15 is 0 Å². The zero-order chi connectivity index (χ0) is 15.4. The molecule has 1 amide bonds. The number of nitrogens with zero attached hydrogens (tertiary/aromatic N) is 1. The maximum absolute atomic E-state index is 12.1. The smallest absolute Gasteiger partial charge is 0.337 e. The monoisotopic (exact) mass is 288 g/mol. The average molecular weight is 288 g/mol. The Balaban J connectivity index is 2.03. The van der Waals surface area contributed by atoms with Crippen LogP contribution in [0.15, 0.2) is 34.9 Å². The maximum atomic E-state index is 12.1. The van der Waals surface area contributed by atoms with Gasteiger partial charge in [-0.2, -0.15) is 0 Å². The lowest BCUT2D eigenvalue weighted by molar-refractivity contribution is 0.0694. The molecule has 21 heavy (non-hydrogen) atoms. The Labute approximate surface area is 121 Å². The van der Waals surface area contributed by atoms with Crippen LogP contribution in [-0.2, 0) is 6.42 Å². The summed E-state index contributed by atoms with van der Waals surface area (Å²) in [5.74, 6) is -0.611. The molecule has 6 nitrogen and oxygen atoms in total. The lowest BCUT2D eigenvalue weighted by Gasteiger charge is -2.12. The number of carbonyl (C=O) groups is 2. The first kappa shape index (κ1) is 14.8. The molecule has 0 saturated carbocycles. The fourth-order valence-electron chi connectivity index (χ4n) is 1.99. The van der Waals surface area contributed by atoms with E-state index in [1.54, 1.807) is 19.3 Å². The Hall–Kier alpha value is -2.63. The largest absolute Gasteiger partial charge is 0.478 e. The third kappa shape index (κ3) is 3.68. The van der Waals surface area contributed by atoms with Crippen molar-refractivity contribution >= 4 is 11.9 Å². The molecule has 2 rings (SSSR count). The second-order valence-corrected chi connectivity index (χ2v) is 4.79. The van der Waals surface area contributed by atoms with Gasteiger partial charge in [0.15, 0.2) is 0 Å². The molecule has 0 aliphatic heterocycles. The zero-order valence-corrected chi connectivity index (χ0v) is 11.8. The average Bonchev–Trinajstić information content (AvgIpc) is 2.90. The van der Waals surface area contributed by atoms with Crippen molar-refractivity contribution in [2.45, 2.75) is 26.3 Å². The molecule has 2 aromatic heterocycles. The molecule has 2 heterocycles. The van der Waals surface area contributed by atoms with Crippen LogP contribution in [0.3, 0.4) is 0 Å². The molecule has 2 N–H and O–H groups in total. The van der Waals surface area contributed by atoms with Gasteiger partial charge in [0.05, 0.1) is 17.5 Å². The van der Waals surface area contributed by atoms with E-state index in [1.807, 2.05) is 13.0 Å². The maximum Gasteiger partial charge on any atom is 0.337 e. The number of pyridine rings is 1. The Morgan fingerprint density at radius 3 is 2.71 bits per heavy atom. The van der Waals surface area contributed by atoms with Crippen LogP contribution in [0.2, 0.25) is 0 Å². The van der Waals surface area contributed by atoms with Gasteiger partial charge in [0.1, 0.15) is 11.5 Å². The van der Waals surface area contributed by atoms with Crippen molar-refractivity contribution in [3.8, 4) is 0 Å². The van der Waals surface area contributed by atoms with Crippen LogP contribution in [0.1, 0.15) is 39.2 Å². The Morgan fingerprint density at radius 1 is 1.38 bits per heavy atom. The van der Waals surface area contributed by atoms with Gasteiger partial charge in [-0.15, -0.1) is 0 Å². The van der Waals surface area contributed by atoms with E-state index in [4.69, 9.17) is 9.52 Å². The number of aryl methyl sites for hydroxylation is 1. The summed E-state index contributed by atoms with van der Waals surface area (Å²) in [6, 6.07) is 6.30. The summed E-state index contributed by atoms with van der Waals surface area (Å²) in [7, 11) is 0. The summed E-state index contributed by atoms with van der Waals surface area (Å²) in [4.78, 5) is 27.0. The van der Waals surface area contributed by atoms with E-state index < -0.39 is 5.97 Å². The number of rotatable bonds is 5. The normalized spacial score (nSPS) is 11.9. The van der Waals surface area contributed by atoms with Gasteiger partial charge < -0.3 is 14.8 Å². The van der Waals surface area contributed by atoms with Crippen LogP contribution < -0.4 is 5.32 Å². The molecular formula is C15H16N2O4. The van der Waals surface area contributed by atoms with Crippen molar-refractivity contribution in [3.05, 3.63) is 53.2 Å². The van der Waals surface area contributed by atoms with Crippen LogP contribution >= 0.6 is 0 Å². The molecule has 0 fully saturated rings. The van der Waals surface area contributed by atoms with E-state index in [-0.39, 0.29) is 23.2 Å². The van der Waals surface area contributed by atoms with Crippen LogP contribution in [-0.4, -0.2) is 28.0 Å². The molecule has 0 spiro atoms. The van der Waals surface area contributed by atoms with Crippen LogP contribution in [0.4, 0.5) is 0 Å². The van der Waals surface area contributed by atoms with Gasteiger partial charge in [0, 0.05) is 12.5 Å². The SMILES string of the molecule is Cc1nc(C(=O)NC(C)Cc2ccco2)ccc1C(=O)O. The van der Waals surface area contributed by atoms with Crippen molar-refractivity contribution in [2.24, 2.45) is 0 Å². The highest BCUT2D eigenvalue weighted by atomic mass is 16.4. The molecule has 6 heteroatoms. The van der Waals surface area contributed by atoms with Crippen molar-refractivity contribution in [1.29, 1.82) is 0 Å². The molecule has 1 atom stereocenters. The Bertz CT molecular complexity index is 650. The van der Waals surface area contributed by atoms with Crippen LogP contribution in [0.5, 0.6) is 0 Å². The second kappa shape index (κ2) is 6.21. The number of amides is 1. The van der Waals surface area contributed by atoms with E-state index in [9.17, 15) is 9.59 Å². The number of carbonyl (C=O) groups excluding carboxylic acids is 1. The number of nitrogens with one attached hydrogen (secondary N) is 1. The summed E-state index contributed by atoms with van der Waals surface area (Å²) in [6.07, 6.45) is 2.16. The van der Waals surface area contributed by atoms with Crippen molar-refractivity contribution in [1.82, 2.24) is 10.3 Å². The van der Waals surface area contributed by atoms with E-state index in [0.717, 1.165) is 5.76 Å². The van der Waals surface area contributed by atoms with Crippen molar-refractivity contribution < 1.29 is 19.1 Å². The van der Waals surface area contributed by atoms with E-state index in [2.05, 4.69) is 10.3 Å². The summed E-state index contributed by atoms with van der Waals surface area (Å²) in [5.41, 5.74) is 0.604. The lowest BCUT2D eigenvalue weighted by atomic mass is 10.1. The third-order valence-electron chi connectivity index (χ3n) is 3.01. The van der Waals surface area contributed by atoms with Crippen LogP contribution in [0.25, 0.3) is 0 Å². The first-order chi connectivity index (χ1) is 9.97. The van der Waals surface area contributed by atoms with Crippen molar-refractivity contribution in [2.75, 3.05) is 0 Å². The molecule has 1 unspecified atom stereocenters. The number of hydrogen-bond acceptors (Lipinski definition) is 4. The molecule has 0 saturated heterocycles. The Kier molecular flexibility index (Phi) is 4.37. The van der Waals surface area contributed by atoms with Crippen LogP contribution in [0, 0.1) is 6.92 Å². The summed E-state index contributed by atoms with van der Waals surface area (Å²) >= 11 is 0. The van der Waals surface area contributed by atoms with Gasteiger partial charge in [-0.25, -0.2) is 9.78 Å². The predicted molar refractivity (Wildman–Crippen MR) is 75.3 cm³/mol. The highest BCUT2D eigenvalue weighted by Gasteiger charge is 2.15. The molecule has 0 aliphatic rings. The highest BCUT2D eigenvalue weighted by molar-refractivity contribution is 5.94. The molecule has 0 aliphatic carbocycles. The van der Waals surface area contributed by atoms with Gasteiger partial charge in [0.2, 0.25) is 0 Å². The molecule has 0 bridgehead atoms. The summed E-state index contributed by atoms with van der Waals surface area (Å²) in [5, 5.41) is 11.7. The molecule has 110 valence electrons. The van der Waals surface area contributed by atoms with E-state index in [0.29, 0.717) is 12.1 Å². The third-order valence-corrected chi connectivity index (χ3v) is 3.01. The summed E-state index contributed by atoms with van der Waals surface area (Å²) in [6.45, 7) is 3.42. The first-order valence-electron chi connectivity index (χ1n) is 6.51. The zero-order valence-electron chi connectivity index (χ0n) is 11.8. The molecule has 2 aromatic rings.